The van der Waals surface area contributed by atoms with E-state index in [0.717, 1.165) is 0 Å². The Morgan fingerprint density at radius 1 is 1.75 bits per heavy atom. The highest BCUT2D eigenvalue weighted by Crippen LogP contribution is 2.08. The molecule has 0 radical (unpaired) electrons. The number of aromatic nitrogens is 2. The Morgan fingerprint density at radius 3 is 3.08 bits per heavy atom. The number of carbonyl (C=O) groups is 1. The summed E-state index contributed by atoms with van der Waals surface area (Å²) < 4.78 is 0. The standard InChI is InChI=1S/C7H9N3O2/c1-2-8-6-5(7(11)12)3-4-9-10-6/h3-4H,2H2,1H3,(H,8,10)(H,11,12). The van der Waals surface area contributed by atoms with E-state index in [-0.39, 0.29) is 5.56 Å². The second-order valence-electron chi connectivity index (χ2n) is 2.13. The fourth-order valence-electron chi connectivity index (χ4n) is 0.802. The van der Waals surface area contributed by atoms with Gasteiger partial charge in [-0.15, -0.1) is 5.10 Å². The third-order valence-corrected chi connectivity index (χ3v) is 1.30. The number of aromatic carboxylic acids is 1. The molecule has 5 nitrogen and oxygen atoms in total. The summed E-state index contributed by atoms with van der Waals surface area (Å²) in [6.45, 7) is 2.49. The van der Waals surface area contributed by atoms with Crippen molar-refractivity contribution in [3.63, 3.8) is 0 Å². The Kier molecular flexibility index (Phi) is 2.57. The molecule has 0 aliphatic carbocycles. The van der Waals surface area contributed by atoms with E-state index in [1.807, 2.05) is 6.92 Å². The van der Waals surface area contributed by atoms with Crippen molar-refractivity contribution in [3.05, 3.63) is 17.8 Å². The minimum atomic E-state index is -0.999. The number of carboxylic acid groups (broad SMARTS) is 1. The van der Waals surface area contributed by atoms with Crippen molar-refractivity contribution in [3.8, 4) is 0 Å². The lowest BCUT2D eigenvalue weighted by molar-refractivity contribution is 0.0697. The molecule has 0 aromatic carbocycles. The van der Waals surface area contributed by atoms with Crippen LogP contribution in [0.5, 0.6) is 0 Å². The number of rotatable bonds is 3. The number of nitrogens with one attached hydrogen (secondary N) is 1. The highest BCUT2D eigenvalue weighted by Gasteiger charge is 2.09. The first kappa shape index (κ1) is 8.45. The van der Waals surface area contributed by atoms with Crippen LogP contribution in [0.2, 0.25) is 0 Å². The second kappa shape index (κ2) is 3.66. The van der Waals surface area contributed by atoms with E-state index in [2.05, 4.69) is 15.5 Å². The molecule has 5 heteroatoms. The molecule has 0 saturated carbocycles. The summed E-state index contributed by atoms with van der Waals surface area (Å²) in [7, 11) is 0. The fourth-order valence-corrected chi connectivity index (χ4v) is 0.802. The maximum absolute atomic E-state index is 10.6. The van der Waals surface area contributed by atoms with Crippen molar-refractivity contribution >= 4 is 11.8 Å². The number of nitrogens with zero attached hydrogens (tertiary/aromatic N) is 2. The third-order valence-electron chi connectivity index (χ3n) is 1.30. The van der Waals surface area contributed by atoms with Gasteiger partial charge in [-0.1, -0.05) is 0 Å². The number of anilines is 1. The molecule has 0 bridgehead atoms. The molecule has 12 heavy (non-hydrogen) atoms. The number of hydrogen-bond acceptors (Lipinski definition) is 4. The quantitative estimate of drug-likeness (QED) is 0.689. The van der Waals surface area contributed by atoms with Crippen LogP contribution >= 0.6 is 0 Å². The zero-order valence-corrected chi connectivity index (χ0v) is 6.61. The first-order valence-electron chi connectivity index (χ1n) is 3.54. The van der Waals surface area contributed by atoms with E-state index < -0.39 is 5.97 Å². The summed E-state index contributed by atoms with van der Waals surface area (Å²) in [6.07, 6.45) is 1.35. The van der Waals surface area contributed by atoms with Crippen LogP contribution in [0, 0.1) is 0 Å². The van der Waals surface area contributed by atoms with Gasteiger partial charge in [-0.2, -0.15) is 5.10 Å². The van der Waals surface area contributed by atoms with E-state index in [1.54, 1.807) is 0 Å². The molecular formula is C7H9N3O2. The van der Waals surface area contributed by atoms with Gasteiger partial charge in [-0.25, -0.2) is 4.79 Å². The zero-order valence-electron chi connectivity index (χ0n) is 6.61. The minimum absolute atomic E-state index is 0.145. The van der Waals surface area contributed by atoms with Crippen LogP contribution in [-0.2, 0) is 0 Å². The Balaban J connectivity index is 3.00. The van der Waals surface area contributed by atoms with Crippen LogP contribution in [0.1, 0.15) is 17.3 Å². The number of hydrogen-bond donors (Lipinski definition) is 2. The van der Waals surface area contributed by atoms with Crippen LogP contribution in [0.4, 0.5) is 5.82 Å². The average Bonchev–Trinajstić information content (AvgIpc) is 2.05. The van der Waals surface area contributed by atoms with Crippen molar-refractivity contribution in [2.45, 2.75) is 6.92 Å². The van der Waals surface area contributed by atoms with Gasteiger partial charge in [0.25, 0.3) is 0 Å². The van der Waals surface area contributed by atoms with Crippen LogP contribution < -0.4 is 5.32 Å². The van der Waals surface area contributed by atoms with E-state index >= 15 is 0 Å². The molecule has 1 aromatic heterocycles. The van der Waals surface area contributed by atoms with Crippen molar-refractivity contribution in [2.24, 2.45) is 0 Å². The summed E-state index contributed by atoms with van der Waals surface area (Å²) in [4.78, 5) is 10.6. The highest BCUT2D eigenvalue weighted by molar-refractivity contribution is 5.92. The molecule has 64 valence electrons. The van der Waals surface area contributed by atoms with Crippen LogP contribution in [0.15, 0.2) is 12.3 Å². The lowest BCUT2D eigenvalue weighted by atomic mass is 10.3. The summed E-state index contributed by atoms with van der Waals surface area (Å²) in [5.41, 5.74) is 0.145. The maximum atomic E-state index is 10.6. The van der Waals surface area contributed by atoms with Crippen molar-refractivity contribution in [1.82, 2.24) is 10.2 Å². The van der Waals surface area contributed by atoms with E-state index in [4.69, 9.17) is 5.11 Å². The molecule has 0 unspecified atom stereocenters. The monoisotopic (exact) mass is 167 g/mol. The third kappa shape index (κ3) is 1.69. The Labute approximate surface area is 69.4 Å². The van der Waals surface area contributed by atoms with Gasteiger partial charge in [-0.3, -0.25) is 0 Å². The summed E-state index contributed by atoms with van der Waals surface area (Å²) >= 11 is 0. The molecule has 1 rings (SSSR count). The van der Waals surface area contributed by atoms with Gasteiger partial charge in [-0.05, 0) is 13.0 Å². The molecule has 0 aliphatic heterocycles. The minimum Gasteiger partial charge on any atom is -0.478 e. The van der Waals surface area contributed by atoms with Crippen molar-refractivity contribution < 1.29 is 9.90 Å². The molecule has 0 atom stereocenters. The van der Waals surface area contributed by atoms with Gasteiger partial charge < -0.3 is 10.4 Å². The average molecular weight is 167 g/mol. The lowest BCUT2D eigenvalue weighted by Crippen LogP contribution is -2.08. The molecule has 2 N–H and O–H groups in total. The molecule has 0 spiro atoms. The van der Waals surface area contributed by atoms with Gasteiger partial charge >= 0.3 is 5.97 Å². The molecular weight excluding hydrogens is 158 g/mol. The highest BCUT2D eigenvalue weighted by atomic mass is 16.4. The van der Waals surface area contributed by atoms with Crippen LogP contribution in [0.3, 0.4) is 0 Å². The summed E-state index contributed by atoms with van der Waals surface area (Å²) in [5, 5.41) is 18.7. The van der Waals surface area contributed by atoms with Crippen molar-refractivity contribution in [1.29, 1.82) is 0 Å². The van der Waals surface area contributed by atoms with Gasteiger partial charge in [0.2, 0.25) is 0 Å². The molecule has 0 saturated heterocycles. The smallest absolute Gasteiger partial charge is 0.339 e. The largest absolute Gasteiger partial charge is 0.478 e. The van der Waals surface area contributed by atoms with Gasteiger partial charge in [0, 0.05) is 6.54 Å². The molecule has 0 aliphatic rings. The zero-order chi connectivity index (χ0) is 8.97. The molecule has 1 heterocycles. The molecule has 0 fully saturated rings. The van der Waals surface area contributed by atoms with Crippen LogP contribution in [0.25, 0.3) is 0 Å². The van der Waals surface area contributed by atoms with Gasteiger partial charge in [0.1, 0.15) is 5.56 Å². The normalized spacial score (nSPS) is 9.42. The molecule has 1 aromatic rings. The predicted octanol–water partition coefficient (Wildman–Crippen LogP) is 0.607. The van der Waals surface area contributed by atoms with Gasteiger partial charge in [0.15, 0.2) is 5.82 Å². The van der Waals surface area contributed by atoms with Gasteiger partial charge in [0.05, 0.1) is 6.20 Å². The van der Waals surface area contributed by atoms with E-state index in [1.165, 1.54) is 12.3 Å². The number of carboxylic acids is 1. The maximum Gasteiger partial charge on any atom is 0.339 e. The first-order valence-corrected chi connectivity index (χ1v) is 3.54. The summed E-state index contributed by atoms with van der Waals surface area (Å²) in [5.74, 6) is -0.687. The van der Waals surface area contributed by atoms with Crippen LogP contribution in [-0.4, -0.2) is 27.8 Å². The Bertz CT molecular complexity index is 288. The Hall–Kier alpha value is -1.65. The SMILES string of the molecule is CCNc1nnccc1C(=O)O. The molecule has 0 amide bonds. The van der Waals surface area contributed by atoms with E-state index in [0.29, 0.717) is 12.4 Å². The first-order chi connectivity index (χ1) is 5.75. The lowest BCUT2D eigenvalue weighted by Gasteiger charge is -2.02. The fraction of sp³-hybridized carbons (Fsp3) is 0.286. The Morgan fingerprint density at radius 2 is 2.50 bits per heavy atom. The van der Waals surface area contributed by atoms with Crippen molar-refractivity contribution in [2.75, 3.05) is 11.9 Å². The topological polar surface area (TPSA) is 75.1 Å². The summed E-state index contributed by atoms with van der Waals surface area (Å²) in [6, 6.07) is 1.41. The van der Waals surface area contributed by atoms with E-state index in [9.17, 15) is 4.79 Å². The second-order valence-corrected chi connectivity index (χ2v) is 2.13. The predicted molar refractivity (Wildman–Crippen MR) is 43.2 cm³/mol.